The number of fused-ring (bicyclic) bond motifs is 1. The SMILES string of the molecule is NC(=O)CNC(=O)CCCCc1nc2ccccc2s1. The van der Waals surface area contributed by atoms with E-state index < -0.39 is 5.91 Å². The number of hydrogen-bond donors (Lipinski definition) is 2. The second-order valence-electron chi connectivity index (χ2n) is 4.53. The predicted octanol–water partition coefficient (Wildman–Crippen LogP) is 1.61. The van der Waals surface area contributed by atoms with Crippen LogP contribution in [0.25, 0.3) is 10.2 Å². The lowest BCUT2D eigenvalue weighted by molar-refractivity contribution is -0.124. The van der Waals surface area contributed by atoms with E-state index in [2.05, 4.69) is 16.4 Å². The molecule has 2 rings (SSSR count). The molecule has 0 aliphatic heterocycles. The quantitative estimate of drug-likeness (QED) is 0.760. The van der Waals surface area contributed by atoms with Gasteiger partial charge in [-0.05, 0) is 31.4 Å². The van der Waals surface area contributed by atoms with E-state index in [0.29, 0.717) is 6.42 Å². The average molecular weight is 291 g/mol. The molecule has 3 N–H and O–H groups in total. The number of nitrogens with zero attached hydrogens (tertiary/aromatic N) is 1. The molecule has 0 spiro atoms. The zero-order chi connectivity index (χ0) is 14.4. The van der Waals surface area contributed by atoms with Gasteiger partial charge in [0, 0.05) is 6.42 Å². The highest BCUT2D eigenvalue weighted by Crippen LogP contribution is 2.22. The maximum absolute atomic E-state index is 11.4. The molecule has 2 aromatic rings. The fraction of sp³-hybridized carbons (Fsp3) is 0.357. The standard InChI is InChI=1S/C14H17N3O2S/c15-12(18)9-16-13(19)7-3-4-8-14-17-10-5-1-2-6-11(10)20-14/h1-2,5-6H,3-4,7-9H2,(H2,15,18)(H,16,19). The lowest BCUT2D eigenvalue weighted by Gasteiger charge is -2.01. The third-order valence-corrected chi connectivity index (χ3v) is 3.94. The van der Waals surface area contributed by atoms with Crippen molar-refractivity contribution >= 4 is 33.4 Å². The number of amides is 2. The van der Waals surface area contributed by atoms with Crippen molar-refractivity contribution in [1.82, 2.24) is 10.3 Å². The molecule has 0 atom stereocenters. The van der Waals surface area contributed by atoms with Crippen molar-refractivity contribution in [2.24, 2.45) is 5.73 Å². The summed E-state index contributed by atoms with van der Waals surface area (Å²) in [5.41, 5.74) is 5.98. The third kappa shape index (κ3) is 4.31. The van der Waals surface area contributed by atoms with Gasteiger partial charge in [0.2, 0.25) is 11.8 Å². The minimum absolute atomic E-state index is 0.0866. The highest BCUT2D eigenvalue weighted by atomic mass is 32.1. The van der Waals surface area contributed by atoms with Crippen LogP contribution in [0.2, 0.25) is 0 Å². The number of unbranched alkanes of at least 4 members (excludes halogenated alkanes) is 1. The van der Waals surface area contributed by atoms with Gasteiger partial charge in [-0.1, -0.05) is 12.1 Å². The maximum Gasteiger partial charge on any atom is 0.236 e. The summed E-state index contributed by atoms with van der Waals surface area (Å²) in [5, 5.41) is 3.58. The van der Waals surface area contributed by atoms with Crippen LogP contribution in [0.5, 0.6) is 0 Å². The van der Waals surface area contributed by atoms with Crippen LogP contribution in [0.1, 0.15) is 24.3 Å². The number of benzene rings is 1. The van der Waals surface area contributed by atoms with Crippen molar-refractivity contribution in [2.45, 2.75) is 25.7 Å². The van der Waals surface area contributed by atoms with Gasteiger partial charge in [-0.2, -0.15) is 0 Å². The highest BCUT2D eigenvalue weighted by molar-refractivity contribution is 7.18. The molecule has 0 radical (unpaired) electrons. The minimum Gasteiger partial charge on any atom is -0.368 e. The molecule has 1 heterocycles. The number of aryl methyl sites for hydroxylation is 1. The summed E-state index contributed by atoms with van der Waals surface area (Å²) in [6, 6.07) is 8.06. The Bertz CT molecular complexity index is 576. The summed E-state index contributed by atoms with van der Waals surface area (Å²) in [7, 11) is 0. The van der Waals surface area contributed by atoms with Crippen molar-refractivity contribution in [3.8, 4) is 0 Å². The van der Waals surface area contributed by atoms with Crippen LogP contribution in [-0.2, 0) is 16.0 Å². The number of carbonyl (C=O) groups is 2. The van der Waals surface area contributed by atoms with Gasteiger partial charge in [-0.15, -0.1) is 11.3 Å². The Morgan fingerprint density at radius 1 is 1.25 bits per heavy atom. The van der Waals surface area contributed by atoms with E-state index in [0.717, 1.165) is 29.8 Å². The Morgan fingerprint density at radius 2 is 2.05 bits per heavy atom. The second kappa shape index (κ2) is 7.00. The molecule has 6 heteroatoms. The van der Waals surface area contributed by atoms with Crippen LogP contribution in [0.3, 0.4) is 0 Å². The molecule has 0 unspecified atom stereocenters. The number of rotatable bonds is 7. The first-order chi connectivity index (χ1) is 9.65. The fourth-order valence-electron chi connectivity index (χ4n) is 1.86. The molecular formula is C14H17N3O2S. The van der Waals surface area contributed by atoms with E-state index in [1.807, 2.05) is 18.2 Å². The summed E-state index contributed by atoms with van der Waals surface area (Å²) in [4.78, 5) is 26.4. The molecule has 0 aliphatic carbocycles. The van der Waals surface area contributed by atoms with Crippen molar-refractivity contribution < 1.29 is 9.59 Å². The number of aromatic nitrogens is 1. The summed E-state index contributed by atoms with van der Waals surface area (Å²) < 4.78 is 1.20. The molecule has 0 saturated carbocycles. The molecule has 106 valence electrons. The molecule has 1 aromatic heterocycles. The fourth-order valence-corrected chi connectivity index (χ4v) is 2.87. The lowest BCUT2D eigenvalue weighted by Crippen LogP contribution is -2.33. The van der Waals surface area contributed by atoms with Crippen LogP contribution in [-0.4, -0.2) is 23.3 Å². The number of para-hydroxylation sites is 1. The van der Waals surface area contributed by atoms with Crippen molar-refractivity contribution in [3.63, 3.8) is 0 Å². The van der Waals surface area contributed by atoms with E-state index in [9.17, 15) is 9.59 Å². The Kier molecular flexibility index (Phi) is 5.06. The first-order valence-electron chi connectivity index (χ1n) is 6.54. The van der Waals surface area contributed by atoms with Crippen LogP contribution in [0, 0.1) is 0 Å². The van der Waals surface area contributed by atoms with Crippen LogP contribution < -0.4 is 11.1 Å². The van der Waals surface area contributed by atoms with Gasteiger partial charge in [0.1, 0.15) is 0 Å². The topological polar surface area (TPSA) is 85.1 Å². The van der Waals surface area contributed by atoms with Gasteiger partial charge in [0.15, 0.2) is 0 Å². The van der Waals surface area contributed by atoms with Crippen LogP contribution >= 0.6 is 11.3 Å². The molecule has 0 bridgehead atoms. The van der Waals surface area contributed by atoms with Crippen molar-refractivity contribution in [3.05, 3.63) is 29.3 Å². The predicted molar refractivity (Wildman–Crippen MR) is 79.4 cm³/mol. The zero-order valence-corrected chi connectivity index (χ0v) is 11.9. The van der Waals surface area contributed by atoms with E-state index in [-0.39, 0.29) is 12.5 Å². The normalized spacial score (nSPS) is 10.6. The summed E-state index contributed by atoms with van der Waals surface area (Å²) in [6.45, 7) is -0.0866. The van der Waals surface area contributed by atoms with Crippen molar-refractivity contribution in [2.75, 3.05) is 6.54 Å². The largest absolute Gasteiger partial charge is 0.368 e. The molecule has 0 saturated heterocycles. The Balaban J connectivity index is 1.70. The third-order valence-electron chi connectivity index (χ3n) is 2.84. The Morgan fingerprint density at radius 3 is 2.80 bits per heavy atom. The molecule has 0 aliphatic rings. The van der Waals surface area contributed by atoms with E-state index in [1.165, 1.54) is 4.70 Å². The van der Waals surface area contributed by atoms with Crippen LogP contribution in [0.4, 0.5) is 0 Å². The Hall–Kier alpha value is -1.95. The average Bonchev–Trinajstić information content (AvgIpc) is 2.84. The van der Waals surface area contributed by atoms with Gasteiger partial charge in [0.05, 0.1) is 21.8 Å². The molecule has 1 aromatic carbocycles. The number of nitrogens with two attached hydrogens (primary N) is 1. The van der Waals surface area contributed by atoms with Crippen LogP contribution in [0.15, 0.2) is 24.3 Å². The first kappa shape index (κ1) is 14.5. The molecule has 0 fully saturated rings. The van der Waals surface area contributed by atoms with Gasteiger partial charge < -0.3 is 11.1 Å². The van der Waals surface area contributed by atoms with Gasteiger partial charge in [0.25, 0.3) is 0 Å². The van der Waals surface area contributed by atoms with E-state index in [4.69, 9.17) is 5.73 Å². The smallest absolute Gasteiger partial charge is 0.236 e. The number of nitrogens with one attached hydrogen (secondary N) is 1. The van der Waals surface area contributed by atoms with Gasteiger partial charge in [-0.25, -0.2) is 4.98 Å². The summed E-state index contributed by atoms with van der Waals surface area (Å²) in [5.74, 6) is -0.652. The summed E-state index contributed by atoms with van der Waals surface area (Å²) >= 11 is 1.70. The van der Waals surface area contributed by atoms with E-state index in [1.54, 1.807) is 11.3 Å². The minimum atomic E-state index is -0.521. The zero-order valence-electron chi connectivity index (χ0n) is 11.1. The monoisotopic (exact) mass is 291 g/mol. The molecule has 20 heavy (non-hydrogen) atoms. The Labute approximate surface area is 121 Å². The molecule has 2 amide bonds. The number of primary amides is 1. The van der Waals surface area contributed by atoms with Crippen molar-refractivity contribution in [1.29, 1.82) is 0 Å². The molecular weight excluding hydrogens is 274 g/mol. The molecule has 5 nitrogen and oxygen atoms in total. The van der Waals surface area contributed by atoms with Gasteiger partial charge >= 0.3 is 0 Å². The van der Waals surface area contributed by atoms with E-state index >= 15 is 0 Å². The lowest BCUT2D eigenvalue weighted by atomic mass is 10.2. The number of carbonyl (C=O) groups excluding carboxylic acids is 2. The number of thiazole rings is 1. The number of hydrogen-bond acceptors (Lipinski definition) is 4. The first-order valence-corrected chi connectivity index (χ1v) is 7.36. The maximum atomic E-state index is 11.4. The highest BCUT2D eigenvalue weighted by Gasteiger charge is 2.05. The summed E-state index contributed by atoms with van der Waals surface area (Å²) in [6.07, 6.45) is 2.98. The second-order valence-corrected chi connectivity index (χ2v) is 5.64. The van der Waals surface area contributed by atoms with Gasteiger partial charge in [-0.3, -0.25) is 9.59 Å².